The van der Waals surface area contributed by atoms with Gasteiger partial charge in [0.15, 0.2) is 0 Å². The van der Waals surface area contributed by atoms with Gasteiger partial charge in [0.05, 0.1) is 10.6 Å². The van der Waals surface area contributed by atoms with E-state index in [4.69, 9.17) is 10.5 Å². The van der Waals surface area contributed by atoms with Crippen LogP contribution in [-0.4, -0.2) is 21.6 Å². The van der Waals surface area contributed by atoms with Crippen LogP contribution in [0.5, 0.6) is 5.75 Å². The number of hydrogen-bond acceptors (Lipinski definition) is 4. The minimum absolute atomic E-state index is 0.165. The number of halogens is 1. The number of rotatable bonds is 6. The molecule has 0 saturated heterocycles. The van der Waals surface area contributed by atoms with Crippen LogP contribution in [0.15, 0.2) is 57.9 Å². The molecule has 0 aliphatic heterocycles. The highest BCUT2D eigenvalue weighted by atomic mass is 79.9. The van der Waals surface area contributed by atoms with Crippen LogP contribution < -0.4 is 15.2 Å². The number of benzene rings is 2. The first-order valence-corrected chi connectivity index (χ1v) is 8.51. The molecule has 7 heteroatoms. The standard InChI is InChI=1S/C14H15BrN2O3S/c15-13-3-1-2-4-14(13)17-21(18,19)12-7-5-11(6-8-12)20-10-9-16/h1-8,17H,9-10,16H2. The second kappa shape index (κ2) is 6.93. The van der Waals surface area contributed by atoms with Gasteiger partial charge in [-0.25, -0.2) is 8.42 Å². The van der Waals surface area contributed by atoms with Crippen LogP contribution in [0.3, 0.4) is 0 Å². The van der Waals surface area contributed by atoms with Crippen LogP contribution >= 0.6 is 15.9 Å². The quantitative estimate of drug-likeness (QED) is 0.818. The van der Waals surface area contributed by atoms with Gasteiger partial charge >= 0.3 is 0 Å². The molecule has 2 aromatic carbocycles. The summed E-state index contributed by atoms with van der Waals surface area (Å²) in [7, 11) is -3.63. The van der Waals surface area contributed by atoms with Crippen molar-refractivity contribution in [3.05, 3.63) is 53.0 Å². The molecular weight excluding hydrogens is 356 g/mol. The molecule has 3 N–H and O–H groups in total. The first-order valence-electron chi connectivity index (χ1n) is 6.23. The summed E-state index contributed by atoms with van der Waals surface area (Å²) in [6.45, 7) is 0.797. The average Bonchev–Trinajstić information content (AvgIpc) is 2.48. The monoisotopic (exact) mass is 370 g/mol. The second-order valence-electron chi connectivity index (χ2n) is 4.19. The molecule has 0 amide bonds. The number of ether oxygens (including phenoxy) is 1. The minimum Gasteiger partial charge on any atom is -0.492 e. The van der Waals surface area contributed by atoms with Gasteiger partial charge in [0.1, 0.15) is 12.4 Å². The van der Waals surface area contributed by atoms with Crippen molar-refractivity contribution in [2.24, 2.45) is 5.73 Å². The Labute approximate surface area is 132 Å². The van der Waals surface area contributed by atoms with E-state index in [1.165, 1.54) is 12.1 Å². The third kappa shape index (κ3) is 4.20. The normalized spacial score (nSPS) is 11.1. The maximum Gasteiger partial charge on any atom is 0.261 e. The highest BCUT2D eigenvalue weighted by Crippen LogP contribution is 2.25. The number of sulfonamides is 1. The molecular formula is C14H15BrN2O3S. The van der Waals surface area contributed by atoms with E-state index in [-0.39, 0.29) is 4.90 Å². The topological polar surface area (TPSA) is 81.4 Å². The molecule has 2 aromatic rings. The highest BCUT2D eigenvalue weighted by Gasteiger charge is 2.15. The number of nitrogens with one attached hydrogen (secondary N) is 1. The molecule has 0 aromatic heterocycles. The Morgan fingerprint density at radius 3 is 2.38 bits per heavy atom. The van der Waals surface area contributed by atoms with E-state index >= 15 is 0 Å². The summed E-state index contributed by atoms with van der Waals surface area (Å²) in [6.07, 6.45) is 0. The zero-order valence-corrected chi connectivity index (χ0v) is 13.5. The van der Waals surface area contributed by atoms with E-state index in [1.54, 1.807) is 30.3 Å². The third-order valence-electron chi connectivity index (χ3n) is 2.64. The summed E-state index contributed by atoms with van der Waals surface area (Å²) < 4.78 is 33.1. The number of nitrogens with two attached hydrogens (primary N) is 1. The molecule has 0 bridgehead atoms. The summed E-state index contributed by atoms with van der Waals surface area (Å²) >= 11 is 3.30. The number of hydrogen-bond donors (Lipinski definition) is 2. The Morgan fingerprint density at radius 1 is 1.10 bits per heavy atom. The Kier molecular flexibility index (Phi) is 5.22. The molecule has 5 nitrogen and oxygen atoms in total. The predicted octanol–water partition coefficient (Wildman–Crippen LogP) is 2.59. The van der Waals surface area contributed by atoms with Gasteiger partial charge in [-0.2, -0.15) is 0 Å². The molecule has 0 aliphatic carbocycles. The largest absolute Gasteiger partial charge is 0.492 e. The van der Waals surface area contributed by atoms with Gasteiger partial charge in [-0.05, 0) is 52.3 Å². The Hall–Kier alpha value is -1.57. The zero-order chi connectivity index (χ0) is 15.3. The van der Waals surface area contributed by atoms with Crippen molar-refractivity contribution < 1.29 is 13.2 Å². The van der Waals surface area contributed by atoms with E-state index in [9.17, 15) is 8.42 Å². The molecule has 0 fully saturated rings. The van der Waals surface area contributed by atoms with Crippen molar-refractivity contribution in [2.75, 3.05) is 17.9 Å². The van der Waals surface area contributed by atoms with Crippen LogP contribution in [0.1, 0.15) is 0 Å². The van der Waals surface area contributed by atoms with Gasteiger partial charge in [0.25, 0.3) is 10.0 Å². The third-order valence-corrected chi connectivity index (χ3v) is 4.71. The van der Waals surface area contributed by atoms with Gasteiger partial charge in [0, 0.05) is 11.0 Å². The lowest BCUT2D eigenvalue weighted by Crippen LogP contribution is -2.13. The van der Waals surface area contributed by atoms with E-state index < -0.39 is 10.0 Å². The molecule has 2 rings (SSSR count). The molecule has 21 heavy (non-hydrogen) atoms. The Morgan fingerprint density at radius 2 is 1.76 bits per heavy atom. The number of anilines is 1. The summed E-state index contributed by atoms with van der Waals surface area (Å²) in [5.41, 5.74) is 5.83. The fourth-order valence-corrected chi connectivity index (χ4v) is 3.23. The molecule has 0 heterocycles. The van der Waals surface area contributed by atoms with E-state index in [0.717, 1.165) is 0 Å². The maximum absolute atomic E-state index is 12.3. The molecule has 112 valence electrons. The number of para-hydroxylation sites is 1. The van der Waals surface area contributed by atoms with E-state index in [0.29, 0.717) is 29.1 Å². The smallest absolute Gasteiger partial charge is 0.261 e. The van der Waals surface area contributed by atoms with Gasteiger partial charge < -0.3 is 10.5 Å². The average molecular weight is 371 g/mol. The SMILES string of the molecule is NCCOc1ccc(S(=O)(=O)Nc2ccccc2Br)cc1. The molecule has 0 saturated carbocycles. The minimum atomic E-state index is -3.63. The van der Waals surface area contributed by atoms with Crippen molar-refractivity contribution >= 4 is 31.6 Å². The molecule has 0 spiro atoms. The molecule has 0 aliphatic rings. The van der Waals surface area contributed by atoms with Crippen molar-refractivity contribution in [3.63, 3.8) is 0 Å². The molecule has 0 radical (unpaired) electrons. The lowest BCUT2D eigenvalue weighted by atomic mass is 10.3. The fraction of sp³-hybridized carbons (Fsp3) is 0.143. The lowest BCUT2D eigenvalue weighted by Gasteiger charge is -2.10. The van der Waals surface area contributed by atoms with E-state index in [2.05, 4.69) is 20.7 Å². The van der Waals surface area contributed by atoms with Gasteiger partial charge in [-0.1, -0.05) is 12.1 Å². The van der Waals surface area contributed by atoms with Crippen LogP contribution in [0.25, 0.3) is 0 Å². The summed E-state index contributed by atoms with van der Waals surface area (Å²) in [5.74, 6) is 0.584. The first kappa shape index (κ1) is 15.8. The van der Waals surface area contributed by atoms with Crippen molar-refractivity contribution in [1.29, 1.82) is 0 Å². The van der Waals surface area contributed by atoms with Gasteiger partial charge in [-0.3, -0.25) is 4.72 Å². The van der Waals surface area contributed by atoms with Gasteiger partial charge in [0.2, 0.25) is 0 Å². The highest BCUT2D eigenvalue weighted by molar-refractivity contribution is 9.10. The van der Waals surface area contributed by atoms with Crippen molar-refractivity contribution in [3.8, 4) is 5.75 Å². The Balaban J connectivity index is 2.18. The van der Waals surface area contributed by atoms with Crippen molar-refractivity contribution in [2.45, 2.75) is 4.90 Å². The van der Waals surface area contributed by atoms with Crippen molar-refractivity contribution in [1.82, 2.24) is 0 Å². The predicted molar refractivity (Wildman–Crippen MR) is 85.9 cm³/mol. The van der Waals surface area contributed by atoms with Gasteiger partial charge in [-0.15, -0.1) is 0 Å². The zero-order valence-electron chi connectivity index (χ0n) is 11.1. The van der Waals surface area contributed by atoms with Crippen LogP contribution in [0.4, 0.5) is 5.69 Å². The first-order chi connectivity index (χ1) is 10.0. The summed E-state index contributed by atoms with van der Waals surface area (Å²) in [5, 5.41) is 0. The fourth-order valence-electron chi connectivity index (χ4n) is 1.64. The lowest BCUT2D eigenvalue weighted by molar-refractivity contribution is 0.328. The molecule has 0 atom stereocenters. The van der Waals surface area contributed by atoms with Crippen LogP contribution in [-0.2, 0) is 10.0 Å². The summed E-state index contributed by atoms with van der Waals surface area (Å²) in [6, 6.07) is 13.2. The van der Waals surface area contributed by atoms with Crippen LogP contribution in [0, 0.1) is 0 Å². The van der Waals surface area contributed by atoms with Crippen LogP contribution in [0.2, 0.25) is 0 Å². The summed E-state index contributed by atoms with van der Waals surface area (Å²) in [4.78, 5) is 0.165. The molecule has 0 unspecified atom stereocenters. The Bertz CT molecular complexity index is 702. The second-order valence-corrected chi connectivity index (χ2v) is 6.73. The maximum atomic E-state index is 12.3. The van der Waals surface area contributed by atoms with E-state index in [1.807, 2.05) is 6.07 Å².